The van der Waals surface area contributed by atoms with E-state index in [4.69, 9.17) is 4.98 Å². The molecule has 7 nitrogen and oxygen atoms in total. The van der Waals surface area contributed by atoms with Gasteiger partial charge in [0.15, 0.2) is 0 Å². The van der Waals surface area contributed by atoms with Crippen molar-refractivity contribution in [1.82, 2.24) is 14.7 Å². The molecule has 1 aliphatic heterocycles. The van der Waals surface area contributed by atoms with Gasteiger partial charge in [0.05, 0.1) is 15.8 Å². The highest BCUT2D eigenvalue weighted by Crippen LogP contribution is 2.52. The van der Waals surface area contributed by atoms with E-state index < -0.39 is 21.3 Å². The van der Waals surface area contributed by atoms with Crippen molar-refractivity contribution in [2.75, 3.05) is 18.0 Å². The lowest BCUT2D eigenvalue weighted by atomic mass is 9.93. The topological polar surface area (TPSA) is 92.3 Å². The summed E-state index contributed by atoms with van der Waals surface area (Å²) in [6.07, 6.45) is 6.09. The van der Waals surface area contributed by atoms with Gasteiger partial charge in [0.2, 0.25) is 5.91 Å². The Labute approximate surface area is 194 Å². The van der Waals surface area contributed by atoms with Crippen molar-refractivity contribution in [2.45, 2.75) is 56.3 Å². The van der Waals surface area contributed by atoms with E-state index in [9.17, 15) is 13.2 Å². The van der Waals surface area contributed by atoms with Crippen molar-refractivity contribution in [1.29, 1.82) is 0 Å². The number of amides is 1. The summed E-state index contributed by atoms with van der Waals surface area (Å²) in [6, 6.07) is 10.5. The standard InChI is InChI=1S/C25H28N4O3S/c1-3-18-15-20(23(26-16-18)29-13-4-5-14-29)25(11-12-25)24(30)28-33(31,32)22-8-6-7-21-19(22)10-9-17(2)27-21/h6-10,15-16H,3-5,11-14H2,1-2H3,(H,28,30). The first-order chi connectivity index (χ1) is 15.8. The summed E-state index contributed by atoms with van der Waals surface area (Å²) in [5.74, 6) is 0.342. The quantitative estimate of drug-likeness (QED) is 0.599. The fraction of sp³-hybridized carbons (Fsp3) is 0.400. The first-order valence-corrected chi connectivity index (χ1v) is 13.0. The number of anilines is 1. The van der Waals surface area contributed by atoms with Gasteiger partial charge in [-0.3, -0.25) is 9.78 Å². The Morgan fingerprint density at radius 3 is 2.61 bits per heavy atom. The van der Waals surface area contributed by atoms with Crippen LogP contribution in [-0.2, 0) is 26.7 Å². The first-order valence-electron chi connectivity index (χ1n) is 11.5. The van der Waals surface area contributed by atoms with Crippen LogP contribution in [0.1, 0.15) is 49.4 Å². The molecule has 1 saturated carbocycles. The molecule has 8 heteroatoms. The third-order valence-electron chi connectivity index (χ3n) is 6.79. The second kappa shape index (κ2) is 8.09. The smallest absolute Gasteiger partial charge is 0.264 e. The van der Waals surface area contributed by atoms with Crippen LogP contribution in [0.25, 0.3) is 10.9 Å². The van der Waals surface area contributed by atoms with Gasteiger partial charge in [0, 0.05) is 35.9 Å². The summed E-state index contributed by atoms with van der Waals surface area (Å²) in [5, 5.41) is 0.501. The van der Waals surface area contributed by atoms with Gasteiger partial charge in [-0.2, -0.15) is 0 Å². The highest BCUT2D eigenvalue weighted by molar-refractivity contribution is 7.90. The fourth-order valence-electron chi connectivity index (χ4n) is 4.71. The number of carbonyl (C=O) groups is 1. The van der Waals surface area contributed by atoms with E-state index >= 15 is 0 Å². The van der Waals surface area contributed by atoms with Crippen LogP contribution in [0.3, 0.4) is 0 Å². The fourth-order valence-corrected chi connectivity index (χ4v) is 5.98. The molecule has 2 aromatic heterocycles. The largest absolute Gasteiger partial charge is 0.356 e. The van der Waals surface area contributed by atoms with Crippen LogP contribution in [0, 0.1) is 6.92 Å². The molecule has 1 aromatic carbocycles. The summed E-state index contributed by atoms with van der Waals surface area (Å²) in [5.41, 5.74) is 2.43. The SMILES string of the molecule is CCc1cnc(N2CCCC2)c(C2(C(=O)NS(=O)(=O)c3cccc4nc(C)ccc34)CC2)c1. The van der Waals surface area contributed by atoms with Gasteiger partial charge in [0.1, 0.15) is 5.82 Å². The summed E-state index contributed by atoms with van der Waals surface area (Å²) < 4.78 is 29.0. The second-order valence-corrected chi connectivity index (χ2v) is 10.7. The molecule has 5 rings (SSSR count). The van der Waals surface area contributed by atoms with E-state index in [0.29, 0.717) is 23.7 Å². The van der Waals surface area contributed by atoms with Crippen LogP contribution in [0.2, 0.25) is 0 Å². The molecule has 0 atom stereocenters. The minimum Gasteiger partial charge on any atom is -0.356 e. The molecule has 1 amide bonds. The molecule has 1 aliphatic carbocycles. The van der Waals surface area contributed by atoms with Gasteiger partial charge < -0.3 is 4.90 Å². The number of carbonyl (C=O) groups excluding carboxylic acids is 1. The monoisotopic (exact) mass is 464 g/mol. The molecule has 3 aromatic rings. The Kier molecular flexibility index (Phi) is 5.35. The molecule has 0 unspecified atom stereocenters. The summed E-state index contributed by atoms with van der Waals surface area (Å²) in [4.78, 5) is 24.9. The minimum absolute atomic E-state index is 0.0665. The van der Waals surface area contributed by atoms with Gasteiger partial charge in [-0.25, -0.2) is 18.1 Å². The van der Waals surface area contributed by atoms with Gasteiger partial charge in [-0.1, -0.05) is 13.0 Å². The zero-order chi connectivity index (χ0) is 23.2. The lowest BCUT2D eigenvalue weighted by Gasteiger charge is -2.25. The third-order valence-corrected chi connectivity index (χ3v) is 8.17. The number of sulfonamides is 1. The van der Waals surface area contributed by atoms with Crippen LogP contribution in [-0.4, -0.2) is 37.4 Å². The van der Waals surface area contributed by atoms with Crippen LogP contribution < -0.4 is 9.62 Å². The normalized spacial score (nSPS) is 17.3. The molecule has 0 radical (unpaired) electrons. The van der Waals surface area contributed by atoms with Crippen LogP contribution >= 0.6 is 0 Å². The Hall–Kier alpha value is -3.00. The molecule has 2 aliphatic rings. The van der Waals surface area contributed by atoms with Crippen LogP contribution in [0.4, 0.5) is 5.82 Å². The first kappa shape index (κ1) is 21.8. The molecule has 33 heavy (non-hydrogen) atoms. The molecule has 3 heterocycles. The third kappa shape index (κ3) is 3.86. The number of aromatic nitrogens is 2. The molecular weight excluding hydrogens is 436 g/mol. The van der Waals surface area contributed by atoms with E-state index in [0.717, 1.165) is 55.0 Å². The summed E-state index contributed by atoms with van der Waals surface area (Å²) in [6.45, 7) is 5.72. The average molecular weight is 465 g/mol. The maximum absolute atomic E-state index is 13.5. The molecule has 2 fully saturated rings. The second-order valence-electron chi connectivity index (χ2n) is 9.05. The average Bonchev–Trinajstić information content (AvgIpc) is 3.44. The van der Waals surface area contributed by atoms with Crippen LogP contribution in [0.15, 0.2) is 47.5 Å². The van der Waals surface area contributed by atoms with Gasteiger partial charge in [-0.05, 0) is 74.9 Å². The number of nitrogens with zero attached hydrogens (tertiary/aromatic N) is 3. The number of benzene rings is 1. The lowest BCUT2D eigenvalue weighted by Crippen LogP contribution is -2.40. The minimum atomic E-state index is -4.07. The number of hydrogen-bond acceptors (Lipinski definition) is 6. The Morgan fingerprint density at radius 2 is 1.91 bits per heavy atom. The Bertz CT molecular complexity index is 1340. The van der Waals surface area contributed by atoms with Crippen molar-refractivity contribution in [2.24, 2.45) is 0 Å². The molecule has 1 N–H and O–H groups in total. The summed E-state index contributed by atoms with van der Waals surface area (Å²) in [7, 11) is -4.07. The van der Waals surface area contributed by atoms with Crippen molar-refractivity contribution in [3.05, 3.63) is 59.4 Å². The molecule has 0 bridgehead atoms. The number of rotatable bonds is 6. The predicted molar refractivity (Wildman–Crippen MR) is 128 cm³/mol. The molecule has 0 spiro atoms. The number of aryl methyl sites for hydroxylation is 2. The van der Waals surface area contributed by atoms with E-state index in [1.165, 1.54) is 6.07 Å². The van der Waals surface area contributed by atoms with E-state index in [1.807, 2.05) is 19.2 Å². The number of nitrogens with one attached hydrogen (secondary N) is 1. The van der Waals surface area contributed by atoms with Crippen molar-refractivity contribution in [3.63, 3.8) is 0 Å². The Balaban J connectivity index is 1.51. The van der Waals surface area contributed by atoms with Crippen molar-refractivity contribution in [3.8, 4) is 0 Å². The molecule has 1 saturated heterocycles. The maximum atomic E-state index is 13.5. The highest BCUT2D eigenvalue weighted by Gasteiger charge is 2.54. The van der Waals surface area contributed by atoms with E-state index in [-0.39, 0.29) is 4.90 Å². The number of fused-ring (bicyclic) bond motifs is 1. The maximum Gasteiger partial charge on any atom is 0.264 e. The van der Waals surface area contributed by atoms with Crippen LogP contribution in [0.5, 0.6) is 0 Å². The molecule has 172 valence electrons. The zero-order valence-corrected chi connectivity index (χ0v) is 19.8. The van der Waals surface area contributed by atoms with Crippen molar-refractivity contribution >= 4 is 32.7 Å². The number of hydrogen-bond donors (Lipinski definition) is 1. The van der Waals surface area contributed by atoms with E-state index in [2.05, 4.69) is 21.5 Å². The Morgan fingerprint density at radius 1 is 1.15 bits per heavy atom. The predicted octanol–water partition coefficient (Wildman–Crippen LogP) is 3.64. The van der Waals surface area contributed by atoms with Gasteiger partial charge >= 0.3 is 0 Å². The zero-order valence-electron chi connectivity index (χ0n) is 19.0. The van der Waals surface area contributed by atoms with Gasteiger partial charge in [-0.15, -0.1) is 0 Å². The molecular formula is C25H28N4O3S. The summed E-state index contributed by atoms with van der Waals surface area (Å²) >= 11 is 0. The number of pyridine rings is 2. The van der Waals surface area contributed by atoms with Gasteiger partial charge in [0.25, 0.3) is 10.0 Å². The van der Waals surface area contributed by atoms with E-state index in [1.54, 1.807) is 24.3 Å². The lowest BCUT2D eigenvalue weighted by molar-refractivity contribution is -0.121. The highest BCUT2D eigenvalue weighted by atomic mass is 32.2. The van der Waals surface area contributed by atoms with Crippen molar-refractivity contribution < 1.29 is 13.2 Å².